The third-order valence-electron chi connectivity index (χ3n) is 12.8. The van der Waals surface area contributed by atoms with Crippen LogP contribution in [0, 0.1) is 17.5 Å². The van der Waals surface area contributed by atoms with Crippen LogP contribution >= 0.6 is 0 Å². The van der Waals surface area contributed by atoms with E-state index >= 15 is 0 Å². The van der Waals surface area contributed by atoms with Crippen LogP contribution in [-0.2, 0) is 4.79 Å². The zero-order valence-corrected chi connectivity index (χ0v) is 46.3. The summed E-state index contributed by atoms with van der Waals surface area (Å²) in [5.74, 6) is 2.94. The first-order chi connectivity index (χ1) is 42.5. The molecule has 0 unspecified atom stereocenters. The van der Waals surface area contributed by atoms with Crippen molar-refractivity contribution in [1.82, 2.24) is 34.9 Å². The fourth-order valence-electron chi connectivity index (χ4n) is 8.79. The van der Waals surface area contributed by atoms with Crippen LogP contribution in [0.25, 0.3) is 66.5 Å². The Morgan fingerprint density at radius 3 is 1.15 bits per heavy atom. The van der Waals surface area contributed by atoms with Crippen molar-refractivity contribution in [2.45, 2.75) is 6.92 Å². The van der Waals surface area contributed by atoms with E-state index in [1.165, 1.54) is 36.4 Å². The van der Waals surface area contributed by atoms with Gasteiger partial charge in [-0.05, 0) is 177 Å². The molecule has 13 aromatic rings. The third-order valence-corrected chi connectivity index (χ3v) is 12.8. The second-order valence-corrected chi connectivity index (χ2v) is 18.9. The number of amides is 1. The molecular weight excluding hydrogens is 1110 g/mol. The monoisotopic (exact) mass is 1160 g/mol. The molecule has 0 saturated carbocycles. The van der Waals surface area contributed by atoms with E-state index in [9.17, 15) is 18.0 Å². The molecule has 0 aliphatic rings. The van der Waals surface area contributed by atoms with Gasteiger partial charge in [0.2, 0.25) is 17.7 Å². The van der Waals surface area contributed by atoms with Gasteiger partial charge in [-0.1, -0.05) is 60.7 Å². The number of para-hydroxylation sites is 3. The SMILES string of the molecule is CCOc1nc(-c2ccc(Oc3ccc(F)cc3)cc2)c2ccccc2n1.Fc1ccc(Oc2ccc(-c3nc(Oc4ccccn4)nc4ccccc34)cc2)cc1.NC(=O)CNc1nc(-c2ccc(Oc3ccc(F)cc3)cc2)c2ccccc2n1. The zero-order chi connectivity index (χ0) is 59.9. The molecular formula is C69H50F3N9O6. The summed E-state index contributed by atoms with van der Waals surface area (Å²) >= 11 is 0. The number of rotatable bonds is 16. The van der Waals surface area contributed by atoms with Crippen LogP contribution in [0.3, 0.4) is 0 Å². The van der Waals surface area contributed by atoms with Gasteiger partial charge in [0, 0.05) is 45.1 Å². The number of ether oxygens (including phenoxy) is 5. The molecule has 4 heterocycles. The van der Waals surface area contributed by atoms with Gasteiger partial charge in [-0.2, -0.15) is 19.9 Å². The maximum Gasteiger partial charge on any atom is 0.324 e. The minimum Gasteiger partial charge on any atom is -0.464 e. The summed E-state index contributed by atoms with van der Waals surface area (Å²) in [5, 5.41) is 5.58. The van der Waals surface area contributed by atoms with E-state index in [2.05, 4.69) is 40.2 Å². The number of pyridine rings is 1. The predicted octanol–water partition coefficient (Wildman–Crippen LogP) is 16.2. The summed E-state index contributed by atoms with van der Waals surface area (Å²) in [5.41, 5.74) is 12.5. The van der Waals surface area contributed by atoms with Crippen LogP contribution < -0.4 is 34.7 Å². The van der Waals surface area contributed by atoms with E-state index in [1.54, 1.807) is 48.7 Å². The molecule has 0 saturated heterocycles. The number of nitrogens with zero attached hydrogens (tertiary/aromatic N) is 7. The highest BCUT2D eigenvalue weighted by molar-refractivity contribution is 5.95. The van der Waals surface area contributed by atoms with E-state index in [0.29, 0.717) is 58.9 Å². The van der Waals surface area contributed by atoms with Crippen LogP contribution in [0.15, 0.2) is 243 Å². The lowest BCUT2D eigenvalue weighted by atomic mass is 10.1. The fourth-order valence-corrected chi connectivity index (χ4v) is 8.79. The lowest BCUT2D eigenvalue weighted by Gasteiger charge is -2.11. The molecule has 87 heavy (non-hydrogen) atoms. The Bertz CT molecular complexity index is 4460. The highest BCUT2D eigenvalue weighted by Crippen LogP contribution is 2.35. The molecule has 0 spiro atoms. The smallest absolute Gasteiger partial charge is 0.324 e. The Balaban J connectivity index is 0.000000136. The van der Waals surface area contributed by atoms with Crippen molar-refractivity contribution in [3.8, 4) is 86.2 Å². The normalized spacial score (nSPS) is 10.7. The second-order valence-electron chi connectivity index (χ2n) is 18.9. The number of primary amides is 1. The van der Waals surface area contributed by atoms with E-state index in [0.717, 1.165) is 66.5 Å². The first-order valence-corrected chi connectivity index (χ1v) is 27.2. The first kappa shape index (κ1) is 57.0. The van der Waals surface area contributed by atoms with Crippen LogP contribution in [0.2, 0.25) is 0 Å². The number of anilines is 1. The maximum absolute atomic E-state index is 13.1. The minimum atomic E-state index is -0.495. The maximum atomic E-state index is 13.1. The van der Waals surface area contributed by atoms with E-state index < -0.39 is 5.91 Å². The molecule has 1 amide bonds. The van der Waals surface area contributed by atoms with Crippen molar-refractivity contribution in [2.75, 3.05) is 18.5 Å². The summed E-state index contributed by atoms with van der Waals surface area (Å²) in [6, 6.07) is 69.3. The van der Waals surface area contributed by atoms with Crippen LogP contribution in [-0.4, -0.2) is 53.9 Å². The molecule has 3 N–H and O–H groups in total. The zero-order valence-electron chi connectivity index (χ0n) is 46.3. The molecule has 0 radical (unpaired) electrons. The third kappa shape index (κ3) is 14.9. The Morgan fingerprint density at radius 1 is 0.402 bits per heavy atom. The lowest BCUT2D eigenvalue weighted by Crippen LogP contribution is -2.22. The van der Waals surface area contributed by atoms with Gasteiger partial charge >= 0.3 is 12.0 Å². The topological polar surface area (TPSA) is 192 Å². The van der Waals surface area contributed by atoms with E-state index in [-0.39, 0.29) is 30.0 Å². The highest BCUT2D eigenvalue weighted by atomic mass is 19.1. The number of aromatic nitrogens is 7. The number of nitrogens with two attached hydrogens (primary N) is 1. The van der Waals surface area contributed by atoms with Crippen molar-refractivity contribution in [2.24, 2.45) is 5.73 Å². The highest BCUT2D eigenvalue weighted by Gasteiger charge is 2.15. The summed E-state index contributed by atoms with van der Waals surface area (Å²) < 4.78 is 67.7. The Morgan fingerprint density at radius 2 is 0.759 bits per heavy atom. The van der Waals surface area contributed by atoms with Crippen molar-refractivity contribution in [3.05, 3.63) is 260 Å². The average Bonchev–Trinajstić information content (AvgIpc) is 2.44. The predicted molar refractivity (Wildman–Crippen MR) is 328 cm³/mol. The van der Waals surface area contributed by atoms with Gasteiger partial charge in [0.15, 0.2) is 0 Å². The number of hydrogen-bond acceptors (Lipinski definition) is 14. The first-order valence-electron chi connectivity index (χ1n) is 27.2. The number of benzene rings is 9. The van der Waals surface area contributed by atoms with Gasteiger partial charge < -0.3 is 34.7 Å². The van der Waals surface area contributed by atoms with Gasteiger partial charge in [-0.25, -0.2) is 28.1 Å². The molecule has 0 atom stereocenters. The summed E-state index contributed by atoms with van der Waals surface area (Å²) in [7, 11) is 0. The van der Waals surface area contributed by atoms with Crippen LogP contribution in [0.5, 0.6) is 52.4 Å². The van der Waals surface area contributed by atoms with Gasteiger partial charge in [0.05, 0.1) is 46.8 Å². The standard InChI is InChI=1S/C25H16FN3O2.C22H17FN4O2.C22H17FN2O2/c26-18-10-14-20(15-11-18)30-19-12-8-17(9-13-19)24-21-5-1-2-6-22(21)28-25(29-24)31-23-7-3-4-16-27-23;23-15-7-11-17(12-8-15)29-16-9-5-14(6-10-16)21-18-3-1-2-4-19(18)26-22(27-21)25-13-20(24)28;1-2-26-22-24-20-6-4-3-5-19(20)21(25-22)15-7-11-17(12-8-15)27-18-13-9-16(23)10-14-18/h1-16H;1-12H,13H2,(H2,24,28)(H,25,26,27);3-14H,2H2,1H3. The Hall–Kier alpha value is -11.8. The number of hydrogen-bond donors (Lipinski definition) is 2. The quantitative estimate of drug-likeness (QED) is 0.0928. The molecule has 13 rings (SSSR count). The molecule has 9 aromatic carbocycles. The molecule has 0 aliphatic heterocycles. The van der Waals surface area contributed by atoms with Crippen molar-refractivity contribution in [1.29, 1.82) is 0 Å². The van der Waals surface area contributed by atoms with Gasteiger partial charge in [-0.15, -0.1) is 0 Å². The molecule has 428 valence electrons. The largest absolute Gasteiger partial charge is 0.464 e. The molecule has 0 fully saturated rings. The van der Waals surface area contributed by atoms with Gasteiger partial charge in [0.25, 0.3) is 0 Å². The van der Waals surface area contributed by atoms with Crippen molar-refractivity contribution < 1.29 is 41.7 Å². The van der Waals surface area contributed by atoms with E-state index in [4.69, 9.17) is 29.4 Å². The number of halogens is 3. The minimum absolute atomic E-state index is 0.0533. The summed E-state index contributed by atoms with van der Waals surface area (Å²) in [6.45, 7) is 2.35. The summed E-state index contributed by atoms with van der Waals surface area (Å²) in [6.07, 6.45) is 1.65. The molecule has 18 heteroatoms. The Kier molecular flexibility index (Phi) is 17.8. The molecule has 15 nitrogen and oxygen atoms in total. The lowest BCUT2D eigenvalue weighted by molar-refractivity contribution is -0.116. The average molecular weight is 1160 g/mol. The van der Waals surface area contributed by atoms with Gasteiger partial charge in [0.1, 0.15) is 51.9 Å². The van der Waals surface area contributed by atoms with Crippen LogP contribution in [0.1, 0.15) is 6.92 Å². The van der Waals surface area contributed by atoms with Crippen molar-refractivity contribution in [3.63, 3.8) is 0 Å². The van der Waals surface area contributed by atoms with Crippen molar-refractivity contribution >= 4 is 44.6 Å². The molecule has 0 bridgehead atoms. The van der Waals surface area contributed by atoms with Gasteiger partial charge in [-0.3, -0.25) is 4.79 Å². The number of fused-ring (bicyclic) bond motifs is 3. The second kappa shape index (κ2) is 27.1. The number of carbonyl (C=O) groups is 1. The summed E-state index contributed by atoms with van der Waals surface area (Å²) in [4.78, 5) is 42.4. The Labute approximate surface area is 496 Å². The number of nitrogens with one attached hydrogen (secondary N) is 1. The number of carbonyl (C=O) groups excluding carboxylic acids is 1. The molecule has 4 aromatic heterocycles. The van der Waals surface area contributed by atoms with Crippen LogP contribution in [0.4, 0.5) is 19.1 Å². The molecule has 0 aliphatic carbocycles. The van der Waals surface area contributed by atoms with E-state index in [1.807, 2.05) is 165 Å². The fraction of sp³-hybridized carbons (Fsp3) is 0.0435.